The first kappa shape index (κ1) is 22.8. The van der Waals surface area contributed by atoms with Crippen LogP contribution in [0.3, 0.4) is 0 Å². The molecule has 1 saturated carbocycles. The molecule has 1 aromatic carbocycles. The minimum absolute atomic E-state index is 0.128. The number of hydrogen-bond donors (Lipinski definition) is 1. The van der Waals surface area contributed by atoms with E-state index in [9.17, 15) is 0 Å². The molecule has 4 nitrogen and oxygen atoms in total. The van der Waals surface area contributed by atoms with Crippen LogP contribution in [0.5, 0.6) is 0 Å². The third kappa shape index (κ3) is 7.05. The maximum absolute atomic E-state index is 8.89. The Morgan fingerprint density at radius 3 is 2.42 bits per heavy atom. The average Bonchev–Trinajstić information content (AvgIpc) is 3.50. The van der Waals surface area contributed by atoms with Crippen LogP contribution < -0.4 is 0 Å². The first-order valence-corrected chi connectivity index (χ1v) is 12.6. The van der Waals surface area contributed by atoms with Gasteiger partial charge in [-0.1, -0.05) is 36.8 Å². The fourth-order valence-electron chi connectivity index (χ4n) is 5.59. The topological polar surface area (TPSA) is 35.9 Å². The molecule has 0 amide bonds. The van der Waals surface area contributed by atoms with Crippen LogP contribution >= 0.6 is 0 Å². The van der Waals surface area contributed by atoms with Crippen LogP contribution in [0.1, 0.15) is 68.9 Å². The summed E-state index contributed by atoms with van der Waals surface area (Å²) in [5.41, 5.74) is 2.39. The predicted molar refractivity (Wildman–Crippen MR) is 126 cm³/mol. The molecule has 31 heavy (non-hydrogen) atoms. The van der Waals surface area contributed by atoms with Gasteiger partial charge in [0.2, 0.25) is 0 Å². The van der Waals surface area contributed by atoms with Gasteiger partial charge in [0.25, 0.3) is 0 Å². The van der Waals surface area contributed by atoms with Gasteiger partial charge in [-0.2, -0.15) is 0 Å². The van der Waals surface area contributed by atoms with Crippen molar-refractivity contribution < 1.29 is 9.84 Å². The Labute approximate surface area is 189 Å². The molecular formula is C27H40N2O2. The average molecular weight is 425 g/mol. The van der Waals surface area contributed by atoms with Gasteiger partial charge >= 0.3 is 0 Å². The third-order valence-corrected chi connectivity index (χ3v) is 7.32. The van der Waals surface area contributed by atoms with E-state index >= 15 is 0 Å². The second-order valence-electron chi connectivity index (χ2n) is 9.72. The van der Waals surface area contributed by atoms with Crippen LogP contribution in [0.25, 0.3) is 0 Å². The zero-order valence-electron chi connectivity index (χ0n) is 19.1. The molecule has 2 aliphatic heterocycles. The van der Waals surface area contributed by atoms with Crippen LogP contribution in [-0.2, 0) is 11.3 Å². The van der Waals surface area contributed by atoms with Crippen molar-refractivity contribution in [1.29, 1.82) is 0 Å². The Balaban J connectivity index is 1.32. The highest BCUT2D eigenvalue weighted by Gasteiger charge is 2.28. The summed E-state index contributed by atoms with van der Waals surface area (Å²) in [7, 11) is 0. The minimum Gasteiger partial charge on any atom is -0.395 e. The van der Waals surface area contributed by atoms with Gasteiger partial charge in [-0.3, -0.25) is 4.90 Å². The predicted octanol–water partition coefficient (Wildman–Crippen LogP) is 4.06. The molecule has 1 N–H and O–H groups in total. The van der Waals surface area contributed by atoms with Crippen LogP contribution in [0.2, 0.25) is 0 Å². The monoisotopic (exact) mass is 424 g/mol. The van der Waals surface area contributed by atoms with E-state index in [0.29, 0.717) is 12.5 Å². The van der Waals surface area contributed by atoms with Gasteiger partial charge in [0.05, 0.1) is 12.7 Å². The summed E-state index contributed by atoms with van der Waals surface area (Å²) >= 11 is 0. The Bertz CT molecular complexity index is 703. The number of benzene rings is 1. The Morgan fingerprint density at radius 1 is 0.968 bits per heavy atom. The van der Waals surface area contributed by atoms with Gasteiger partial charge in [0, 0.05) is 44.3 Å². The van der Waals surface area contributed by atoms with Crippen molar-refractivity contribution in [3.05, 3.63) is 35.4 Å². The minimum atomic E-state index is 0.128. The van der Waals surface area contributed by atoms with Crippen molar-refractivity contribution in [2.75, 3.05) is 39.4 Å². The van der Waals surface area contributed by atoms with Crippen molar-refractivity contribution in [3.63, 3.8) is 0 Å². The van der Waals surface area contributed by atoms with E-state index < -0.39 is 0 Å². The Kier molecular flexibility index (Phi) is 8.84. The van der Waals surface area contributed by atoms with Crippen molar-refractivity contribution in [2.24, 2.45) is 5.92 Å². The van der Waals surface area contributed by atoms with Crippen molar-refractivity contribution >= 4 is 0 Å². The van der Waals surface area contributed by atoms with Gasteiger partial charge in [-0.05, 0) is 75.2 Å². The first-order valence-electron chi connectivity index (χ1n) is 12.6. The molecule has 1 atom stereocenters. The lowest BCUT2D eigenvalue weighted by Gasteiger charge is -2.38. The molecule has 3 aliphatic rings. The molecule has 2 saturated heterocycles. The number of ether oxygens (including phenoxy) is 1. The van der Waals surface area contributed by atoms with Gasteiger partial charge in [0.15, 0.2) is 0 Å². The summed E-state index contributed by atoms with van der Waals surface area (Å²) in [6.45, 7) is 6.89. The lowest BCUT2D eigenvalue weighted by molar-refractivity contribution is 0.0540. The maximum atomic E-state index is 8.89. The molecule has 3 fully saturated rings. The van der Waals surface area contributed by atoms with Crippen molar-refractivity contribution in [2.45, 2.75) is 76.5 Å². The normalized spacial score (nSPS) is 23.4. The first-order chi connectivity index (χ1) is 15.3. The highest BCUT2D eigenvalue weighted by Crippen LogP contribution is 2.28. The van der Waals surface area contributed by atoms with E-state index in [-0.39, 0.29) is 6.61 Å². The van der Waals surface area contributed by atoms with Crippen molar-refractivity contribution in [3.8, 4) is 11.8 Å². The second-order valence-corrected chi connectivity index (χ2v) is 9.72. The lowest BCUT2D eigenvalue weighted by atomic mass is 9.94. The lowest BCUT2D eigenvalue weighted by Crippen LogP contribution is -2.43. The SMILES string of the molecule is OCCC#Cc1ccc(CN(CC2CCN(C3CCCC3)CC2)CC2CCCO2)cc1. The molecule has 2 heterocycles. The molecule has 0 bridgehead atoms. The van der Waals surface area contributed by atoms with E-state index in [4.69, 9.17) is 9.84 Å². The summed E-state index contributed by atoms with van der Waals surface area (Å²) < 4.78 is 5.98. The summed E-state index contributed by atoms with van der Waals surface area (Å²) in [4.78, 5) is 5.43. The van der Waals surface area contributed by atoms with Crippen LogP contribution in [0.4, 0.5) is 0 Å². The van der Waals surface area contributed by atoms with E-state index in [2.05, 4.69) is 45.9 Å². The molecule has 1 aliphatic carbocycles. The quantitative estimate of drug-likeness (QED) is 0.639. The molecule has 0 spiro atoms. The number of aliphatic hydroxyl groups is 1. The van der Waals surface area contributed by atoms with Crippen LogP contribution in [0, 0.1) is 17.8 Å². The standard InChI is InChI=1S/C27H40N2O2/c30-18-4-3-6-23-10-12-24(13-11-23)20-28(22-27-9-5-19-31-27)21-25-14-16-29(17-15-25)26-7-1-2-8-26/h10-13,25-27,30H,1-2,4-5,7-9,14-22H2. The van der Waals surface area contributed by atoms with E-state index in [1.807, 2.05) is 0 Å². The zero-order valence-corrected chi connectivity index (χ0v) is 19.1. The zero-order chi connectivity index (χ0) is 21.3. The Hall–Kier alpha value is -1.38. The van der Waals surface area contributed by atoms with Gasteiger partial charge in [-0.25, -0.2) is 0 Å². The molecule has 1 aromatic rings. The van der Waals surface area contributed by atoms with Crippen LogP contribution in [-0.4, -0.2) is 66.4 Å². The molecule has 4 rings (SSSR count). The van der Waals surface area contributed by atoms with E-state index in [1.54, 1.807) is 0 Å². The summed E-state index contributed by atoms with van der Waals surface area (Å²) in [5.74, 6) is 6.94. The second kappa shape index (κ2) is 12.0. The highest BCUT2D eigenvalue weighted by atomic mass is 16.5. The number of aliphatic hydroxyl groups excluding tert-OH is 1. The smallest absolute Gasteiger partial charge is 0.0702 e. The summed E-state index contributed by atoms with van der Waals surface area (Å²) in [6, 6.07) is 9.54. The highest BCUT2D eigenvalue weighted by molar-refractivity contribution is 5.36. The summed E-state index contributed by atoms with van der Waals surface area (Å²) in [6.07, 6.45) is 11.8. The number of rotatable bonds is 8. The fraction of sp³-hybridized carbons (Fsp3) is 0.704. The molecule has 1 unspecified atom stereocenters. The van der Waals surface area contributed by atoms with Gasteiger partial charge in [-0.15, -0.1) is 0 Å². The largest absolute Gasteiger partial charge is 0.395 e. The van der Waals surface area contributed by atoms with Gasteiger partial charge < -0.3 is 14.7 Å². The Morgan fingerprint density at radius 2 is 1.74 bits per heavy atom. The molecular weight excluding hydrogens is 384 g/mol. The number of nitrogens with zero attached hydrogens (tertiary/aromatic N) is 2. The molecule has 0 radical (unpaired) electrons. The maximum Gasteiger partial charge on any atom is 0.0702 e. The number of piperidine rings is 1. The fourth-order valence-corrected chi connectivity index (χ4v) is 5.59. The molecule has 4 heteroatoms. The number of likely N-dealkylation sites (tertiary alicyclic amines) is 1. The van der Waals surface area contributed by atoms with Crippen LogP contribution in [0.15, 0.2) is 24.3 Å². The number of hydrogen-bond acceptors (Lipinski definition) is 4. The van der Waals surface area contributed by atoms with Crippen molar-refractivity contribution in [1.82, 2.24) is 9.80 Å². The molecule has 0 aromatic heterocycles. The third-order valence-electron chi connectivity index (χ3n) is 7.32. The molecule has 170 valence electrons. The van der Waals surface area contributed by atoms with Gasteiger partial charge in [0.1, 0.15) is 0 Å². The summed E-state index contributed by atoms with van der Waals surface area (Å²) in [5, 5.41) is 8.89. The van der Waals surface area contributed by atoms with E-state index in [1.165, 1.54) is 76.6 Å². The van der Waals surface area contributed by atoms with E-state index in [0.717, 1.165) is 37.2 Å².